The number of nitrogens with zero attached hydrogens (tertiary/aromatic N) is 2. The van der Waals surface area contributed by atoms with E-state index in [4.69, 9.17) is 4.74 Å². The predicted molar refractivity (Wildman–Crippen MR) is 115 cm³/mol. The lowest BCUT2D eigenvalue weighted by molar-refractivity contribution is 0.0680. The average molecular weight is 417 g/mol. The number of anilines is 1. The minimum Gasteiger partial charge on any atom is -0.494 e. The maximum absolute atomic E-state index is 13.3. The third-order valence-corrected chi connectivity index (χ3v) is 6.86. The quantitative estimate of drug-likeness (QED) is 0.694. The van der Waals surface area contributed by atoms with E-state index >= 15 is 0 Å². The van der Waals surface area contributed by atoms with Crippen molar-refractivity contribution in [3.63, 3.8) is 0 Å². The van der Waals surface area contributed by atoms with Crippen LogP contribution in [0, 0.1) is 0 Å². The molecule has 2 aromatic carbocycles. The summed E-state index contributed by atoms with van der Waals surface area (Å²) in [4.78, 5) is 17.1. The fourth-order valence-corrected chi connectivity index (χ4v) is 5.27. The van der Waals surface area contributed by atoms with Gasteiger partial charge in [-0.05, 0) is 49.2 Å². The summed E-state index contributed by atoms with van der Waals surface area (Å²) in [6.07, 6.45) is 0.467. The van der Waals surface area contributed by atoms with E-state index in [2.05, 4.69) is 0 Å². The summed E-state index contributed by atoms with van der Waals surface area (Å²) in [5.74, 6) is 0.595. The van der Waals surface area contributed by atoms with Crippen LogP contribution in [0.1, 0.15) is 29.3 Å². The Morgan fingerprint density at radius 2 is 1.86 bits per heavy atom. The van der Waals surface area contributed by atoms with Crippen LogP contribution >= 0.6 is 0 Å². The first-order valence-electron chi connectivity index (χ1n) is 9.79. The second-order valence-electron chi connectivity index (χ2n) is 7.51. The molecule has 29 heavy (non-hydrogen) atoms. The average Bonchev–Trinajstić information content (AvgIpc) is 3.06. The topological polar surface area (TPSA) is 66.9 Å². The smallest absolute Gasteiger partial charge is 0.254 e. The summed E-state index contributed by atoms with van der Waals surface area (Å²) in [6.45, 7) is 2.77. The van der Waals surface area contributed by atoms with E-state index in [0.29, 0.717) is 30.9 Å². The minimum absolute atomic E-state index is 0.0136. The molecule has 0 bridgehead atoms. The predicted octanol–water partition coefficient (Wildman–Crippen LogP) is 2.98. The van der Waals surface area contributed by atoms with Gasteiger partial charge in [-0.25, -0.2) is 8.42 Å². The van der Waals surface area contributed by atoms with Crippen LogP contribution in [0.3, 0.4) is 0 Å². The zero-order valence-electron chi connectivity index (χ0n) is 17.2. The molecular weight excluding hydrogens is 388 g/mol. The molecule has 1 aliphatic heterocycles. The molecule has 1 atom stereocenters. The van der Waals surface area contributed by atoms with Gasteiger partial charge < -0.3 is 14.5 Å². The van der Waals surface area contributed by atoms with Crippen molar-refractivity contribution in [2.45, 2.75) is 25.9 Å². The molecule has 1 aliphatic rings. The second-order valence-corrected chi connectivity index (χ2v) is 9.74. The van der Waals surface area contributed by atoms with Gasteiger partial charge in [0.25, 0.3) is 5.91 Å². The number of carbonyl (C=O) groups excluding carboxylic acids is 1. The van der Waals surface area contributed by atoms with E-state index in [1.807, 2.05) is 56.3 Å². The van der Waals surface area contributed by atoms with Crippen molar-refractivity contribution >= 4 is 21.4 Å². The lowest BCUT2D eigenvalue weighted by Gasteiger charge is -2.29. The number of amides is 1. The number of sulfone groups is 1. The highest BCUT2D eigenvalue weighted by atomic mass is 32.2. The molecule has 0 spiro atoms. The highest BCUT2D eigenvalue weighted by Gasteiger charge is 2.35. The van der Waals surface area contributed by atoms with E-state index in [1.54, 1.807) is 23.1 Å². The Labute approximate surface area is 173 Å². The normalized spacial score (nSPS) is 17.7. The molecule has 2 aromatic rings. The van der Waals surface area contributed by atoms with Gasteiger partial charge in [0.15, 0.2) is 9.84 Å². The molecule has 3 rings (SSSR count). The largest absolute Gasteiger partial charge is 0.494 e. The maximum Gasteiger partial charge on any atom is 0.254 e. The van der Waals surface area contributed by atoms with E-state index in [0.717, 1.165) is 11.3 Å². The van der Waals surface area contributed by atoms with Gasteiger partial charge in [0, 0.05) is 37.9 Å². The fraction of sp³-hybridized carbons (Fsp3) is 0.409. The second kappa shape index (κ2) is 8.86. The Morgan fingerprint density at radius 3 is 2.45 bits per heavy atom. The zero-order chi connectivity index (χ0) is 21.0. The van der Waals surface area contributed by atoms with Crippen molar-refractivity contribution in [3.05, 3.63) is 59.7 Å². The Hall–Kier alpha value is -2.54. The molecule has 156 valence electrons. The Balaban J connectivity index is 1.88. The van der Waals surface area contributed by atoms with Gasteiger partial charge in [-0.15, -0.1) is 0 Å². The number of benzene rings is 2. The number of hydrogen-bond acceptors (Lipinski definition) is 5. The molecule has 0 aromatic heterocycles. The van der Waals surface area contributed by atoms with E-state index in [1.165, 1.54) is 0 Å². The molecule has 0 unspecified atom stereocenters. The standard InChI is InChI=1S/C22H28N2O4S/c1-4-28-21-7-5-6-18(14-21)22(25)24(20-12-13-29(26,27)16-20)15-17-8-10-19(11-9-17)23(2)3/h5-11,14,20H,4,12-13,15-16H2,1-3H3/t20-/m0/s1. The van der Waals surface area contributed by atoms with Gasteiger partial charge in [0.2, 0.25) is 0 Å². The van der Waals surface area contributed by atoms with Crippen LogP contribution in [-0.2, 0) is 16.4 Å². The Bertz CT molecular complexity index is 955. The molecule has 6 nitrogen and oxygen atoms in total. The Morgan fingerprint density at radius 1 is 1.14 bits per heavy atom. The summed E-state index contributed by atoms with van der Waals surface area (Å²) >= 11 is 0. The molecule has 0 N–H and O–H groups in total. The third-order valence-electron chi connectivity index (χ3n) is 5.11. The highest BCUT2D eigenvalue weighted by molar-refractivity contribution is 7.91. The Kier molecular flexibility index (Phi) is 6.47. The first kappa shape index (κ1) is 21.2. The van der Waals surface area contributed by atoms with Crippen molar-refractivity contribution in [1.29, 1.82) is 0 Å². The molecular formula is C22H28N2O4S. The van der Waals surface area contributed by atoms with Crippen LogP contribution in [0.25, 0.3) is 0 Å². The monoisotopic (exact) mass is 416 g/mol. The number of hydrogen-bond donors (Lipinski definition) is 0. The summed E-state index contributed by atoms with van der Waals surface area (Å²) < 4.78 is 29.6. The van der Waals surface area contributed by atoms with Crippen molar-refractivity contribution < 1.29 is 17.9 Å². The maximum atomic E-state index is 13.3. The van der Waals surface area contributed by atoms with Gasteiger partial charge in [-0.2, -0.15) is 0 Å². The first-order chi connectivity index (χ1) is 13.8. The summed E-state index contributed by atoms with van der Waals surface area (Å²) in [5, 5.41) is 0. The molecule has 0 aliphatic carbocycles. The van der Waals surface area contributed by atoms with Gasteiger partial charge >= 0.3 is 0 Å². The van der Waals surface area contributed by atoms with Crippen LogP contribution in [0.4, 0.5) is 5.69 Å². The van der Waals surface area contributed by atoms with Crippen LogP contribution in [0.15, 0.2) is 48.5 Å². The highest BCUT2D eigenvalue weighted by Crippen LogP contribution is 2.24. The molecule has 1 saturated heterocycles. The van der Waals surface area contributed by atoms with Crippen molar-refractivity contribution in [1.82, 2.24) is 4.90 Å². The molecule has 0 saturated carbocycles. The van der Waals surface area contributed by atoms with Crippen molar-refractivity contribution in [2.75, 3.05) is 37.1 Å². The first-order valence-corrected chi connectivity index (χ1v) is 11.6. The van der Waals surface area contributed by atoms with Crippen LogP contribution in [0.2, 0.25) is 0 Å². The summed E-state index contributed by atoms with van der Waals surface area (Å²) in [7, 11) is 0.835. The molecule has 0 radical (unpaired) electrons. The lowest BCUT2D eigenvalue weighted by Crippen LogP contribution is -2.40. The number of rotatable bonds is 7. The van der Waals surface area contributed by atoms with Gasteiger partial charge in [-0.3, -0.25) is 4.79 Å². The zero-order valence-corrected chi connectivity index (χ0v) is 18.0. The van der Waals surface area contributed by atoms with E-state index < -0.39 is 9.84 Å². The van der Waals surface area contributed by atoms with Crippen LogP contribution in [0.5, 0.6) is 5.75 Å². The number of ether oxygens (including phenoxy) is 1. The van der Waals surface area contributed by atoms with Gasteiger partial charge in [0.05, 0.1) is 18.1 Å². The third kappa shape index (κ3) is 5.29. The minimum atomic E-state index is -3.11. The van der Waals surface area contributed by atoms with Gasteiger partial charge in [-0.1, -0.05) is 18.2 Å². The van der Waals surface area contributed by atoms with Crippen molar-refractivity contribution in [2.24, 2.45) is 0 Å². The molecule has 7 heteroatoms. The van der Waals surface area contributed by atoms with Gasteiger partial charge in [0.1, 0.15) is 5.75 Å². The molecule has 1 fully saturated rings. The van der Waals surface area contributed by atoms with E-state index in [9.17, 15) is 13.2 Å². The summed E-state index contributed by atoms with van der Waals surface area (Å²) in [6, 6.07) is 14.7. The van der Waals surface area contributed by atoms with Crippen molar-refractivity contribution in [3.8, 4) is 5.75 Å². The molecule has 1 heterocycles. The van der Waals surface area contributed by atoms with Crippen LogP contribution in [-0.4, -0.2) is 57.5 Å². The summed E-state index contributed by atoms with van der Waals surface area (Å²) in [5.41, 5.74) is 2.54. The lowest BCUT2D eigenvalue weighted by atomic mass is 10.1. The van der Waals surface area contributed by atoms with Crippen LogP contribution < -0.4 is 9.64 Å². The SMILES string of the molecule is CCOc1cccc(C(=O)N(Cc2ccc(N(C)C)cc2)[C@H]2CCS(=O)(=O)C2)c1. The van der Waals surface area contributed by atoms with E-state index in [-0.39, 0.29) is 23.5 Å². The molecule has 1 amide bonds. The number of carbonyl (C=O) groups is 1. The fourth-order valence-electron chi connectivity index (χ4n) is 3.54.